The number of amides is 1. The zero-order valence-electron chi connectivity index (χ0n) is 14.4. The molecule has 0 aliphatic heterocycles. The number of carbonyl (C=O) groups is 1. The first-order chi connectivity index (χ1) is 12.8. The lowest BCUT2D eigenvalue weighted by atomic mass is 10.1. The average molecular weight is 555 g/mol. The summed E-state index contributed by atoms with van der Waals surface area (Å²) in [6.45, 7) is 1.96. The minimum atomic E-state index is -0.630. The predicted molar refractivity (Wildman–Crippen MR) is 111 cm³/mol. The van der Waals surface area contributed by atoms with Crippen LogP contribution in [-0.4, -0.2) is 23.7 Å². The van der Waals surface area contributed by atoms with E-state index in [-0.39, 0.29) is 28.0 Å². The average Bonchev–Trinajstić information content (AvgIpc) is 2.63. The van der Waals surface area contributed by atoms with Crippen molar-refractivity contribution in [2.75, 3.05) is 11.9 Å². The third-order valence-electron chi connectivity index (χ3n) is 3.69. The molecule has 9 heteroatoms. The Kier molecular flexibility index (Phi) is 8.39. The van der Waals surface area contributed by atoms with Gasteiger partial charge in [-0.3, -0.25) is 9.63 Å². The molecular formula is C18H18BrF2IN2O3. The third kappa shape index (κ3) is 6.37. The van der Waals surface area contributed by atoms with Crippen LogP contribution in [-0.2, 0) is 4.84 Å². The van der Waals surface area contributed by atoms with E-state index in [0.717, 1.165) is 6.07 Å². The first-order valence-electron chi connectivity index (χ1n) is 8.13. The second-order valence-electron chi connectivity index (χ2n) is 5.69. The van der Waals surface area contributed by atoms with Crippen LogP contribution >= 0.6 is 38.5 Å². The van der Waals surface area contributed by atoms with Crippen LogP contribution in [0.1, 0.15) is 30.1 Å². The Balaban J connectivity index is 2.17. The van der Waals surface area contributed by atoms with Gasteiger partial charge in [0.1, 0.15) is 11.6 Å². The standard InChI is InChI=1S/C18H18BrF2IN2O3/c1-2-11(25)5-6-27-24-18(26)12-8-13(19)14(20)9-17(12)23-16-4-3-10(22)7-15(16)21/h3-4,7-9,11,23,25H,2,5-6H2,1H3,(H,24,26). The van der Waals surface area contributed by atoms with Crippen LogP contribution in [0.4, 0.5) is 20.2 Å². The van der Waals surface area contributed by atoms with E-state index in [1.807, 2.05) is 29.5 Å². The summed E-state index contributed by atoms with van der Waals surface area (Å²) in [5.74, 6) is -1.76. The molecule has 0 aromatic heterocycles. The molecule has 146 valence electrons. The minimum Gasteiger partial charge on any atom is -0.393 e. The quantitative estimate of drug-likeness (QED) is 0.247. The lowest BCUT2D eigenvalue weighted by Crippen LogP contribution is -2.26. The van der Waals surface area contributed by atoms with Gasteiger partial charge in [-0.25, -0.2) is 14.3 Å². The number of hydrogen-bond donors (Lipinski definition) is 3. The van der Waals surface area contributed by atoms with Crippen molar-refractivity contribution >= 4 is 55.8 Å². The Morgan fingerprint density at radius 3 is 2.67 bits per heavy atom. The molecule has 0 bridgehead atoms. The van der Waals surface area contributed by atoms with E-state index in [1.54, 1.807) is 6.07 Å². The monoisotopic (exact) mass is 554 g/mol. The second kappa shape index (κ2) is 10.3. The maximum Gasteiger partial charge on any atom is 0.276 e. The summed E-state index contributed by atoms with van der Waals surface area (Å²) in [7, 11) is 0. The van der Waals surface area contributed by atoms with Gasteiger partial charge in [-0.05, 0) is 81.7 Å². The van der Waals surface area contributed by atoms with Crippen molar-refractivity contribution in [2.45, 2.75) is 25.9 Å². The van der Waals surface area contributed by atoms with E-state index in [1.165, 1.54) is 18.2 Å². The molecule has 3 N–H and O–H groups in total. The Hall–Kier alpha value is -1.30. The number of carbonyl (C=O) groups excluding carboxylic acids is 1. The van der Waals surface area contributed by atoms with Crippen LogP contribution in [0.2, 0.25) is 0 Å². The summed E-state index contributed by atoms with van der Waals surface area (Å²) in [6.07, 6.45) is 0.434. The fourth-order valence-corrected chi connectivity index (χ4v) is 2.94. The number of rotatable bonds is 8. The van der Waals surface area contributed by atoms with Crippen LogP contribution in [0, 0.1) is 15.2 Å². The lowest BCUT2D eigenvalue weighted by Gasteiger charge is -2.14. The van der Waals surface area contributed by atoms with Gasteiger partial charge in [-0.1, -0.05) is 6.92 Å². The van der Waals surface area contributed by atoms with Crippen molar-refractivity contribution in [3.05, 3.63) is 55.6 Å². The van der Waals surface area contributed by atoms with Crippen LogP contribution in [0.3, 0.4) is 0 Å². The van der Waals surface area contributed by atoms with E-state index in [0.29, 0.717) is 16.4 Å². The molecule has 1 amide bonds. The summed E-state index contributed by atoms with van der Waals surface area (Å²) in [5, 5.41) is 12.2. The molecule has 2 rings (SSSR count). The van der Waals surface area contributed by atoms with Gasteiger partial charge >= 0.3 is 0 Å². The molecule has 0 aliphatic rings. The van der Waals surface area contributed by atoms with E-state index in [9.17, 15) is 18.7 Å². The van der Waals surface area contributed by atoms with E-state index in [4.69, 9.17) is 4.84 Å². The van der Waals surface area contributed by atoms with E-state index in [2.05, 4.69) is 26.7 Å². The molecule has 0 spiro atoms. The molecule has 0 heterocycles. The number of halogens is 4. The first kappa shape index (κ1) is 22.0. The highest BCUT2D eigenvalue weighted by atomic mass is 127. The molecule has 0 saturated carbocycles. The normalized spacial score (nSPS) is 11.9. The lowest BCUT2D eigenvalue weighted by molar-refractivity contribution is 0.0161. The van der Waals surface area contributed by atoms with Gasteiger partial charge < -0.3 is 10.4 Å². The molecule has 5 nitrogen and oxygen atoms in total. The fraction of sp³-hybridized carbons (Fsp3) is 0.278. The van der Waals surface area contributed by atoms with Gasteiger partial charge in [-0.15, -0.1) is 0 Å². The highest BCUT2D eigenvalue weighted by molar-refractivity contribution is 14.1. The molecule has 1 atom stereocenters. The van der Waals surface area contributed by atoms with Crippen LogP contribution < -0.4 is 10.8 Å². The van der Waals surface area contributed by atoms with Crippen molar-refractivity contribution in [1.29, 1.82) is 0 Å². The highest BCUT2D eigenvalue weighted by Crippen LogP contribution is 2.29. The molecule has 1 unspecified atom stereocenters. The number of hydroxylamine groups is 1. The zero-order valence-corrected chi connectivity index (χ0v) is 18.1. The minimum absolute atomic E-state index is 0.0669. The summed E-state index contributed by atoms with van der Waals surface area (Å²) in [5.41, 5.74) is 2.51. The van der Waals surface area contributed by atoms with Gasteiger partial charge in [0.25, 0.3) is 5.91 Å². The number of benzene rings is 2. The predicted octanol–water partition coefficient (Wildman–Crippen LogP) is 4.90. The number of hydrogen-bond acceptors (Lipinski definition) is 4. The molecule has 0 saturated heterocycles. The van der Waals surface area contributed by atoms with Crippen LogP contribution in [0.5, 0.6) is 0 Å². The molecule has 0 aliphatic carbocycles. The van der Waals surface area contributed by atoms with Gasteiger partial charge in [-0.2, -0.15) is 0 Å². The number of aliphatic hydroxyl groups excluding tert-OH is 1. The third-order valence-corrected chi connectivity index (χ3v) is 4.97. The van der Waals surface area contributed by atoms with Crippen molar-refractivity contribution in [2.24, 2.45) is 0 Å². The fourth-order valence-electron chi connectivity index (χ4n) is 2.14. The van der Waals surface area contributed by atoms with Crippen molar-refractivity contribution in [3.8, 4) is 0 Å². The van der Waals surface area contributed by atoms with Crippen molar-refractivity contribution < 1.29 is 23.5 Å². The smallest absolute Gasteiger partial charge is 0.276 e. The molecule has 2 aromatic rings. The largest absolute Gasteiger partial charge is 0.393 e. The number of anilines is 2. The van der Waals surface area contributed by atoms with Gasteiger partial charge in [0.2, 0.25) is 0 Å². The molecule has 27 heavy (non-hydrogen) atoms. The molecule has 2 aromatic carbocycles. The van der Waals surface area contributed by atoms with E-state index < -0.39 is 23.6 Å². The van der Waals surface area contributed by atoms with Gasteiger partial charge in [0, 0.05) is 3.57 Å². The van der Waals surface area contributed by atoms with Gasteiger partial charge in [0.05, 0.1) is 34.1 Å². The highest BCUT2D eigenvalue weighted by Gasteiger charge is 2.17. The topological polar surface area (TPSA) is 70.6 Å². The van der Waals surface area contributed by atoms with Crippen LogP contribution in [0.15, 0.2) is 34.8 Å². The number of nitrogens with one attached hydrogen (secondary N) is 2. The van der Waals surface area contributed by atoms with Gasteiger partial charge in [0.15, 0.2) is 0 Å². The zero-order chi connectivity index (χ0) is 20.0. The van der Waals surface area contributed by atoms with Crippen LogP contribution in [0.25, 0.3) is 0 Å². The Morgan fingerprint density at radius 2 is 2.00 bits per heavy atom. The molecular weight excluding hydrogens is 537 g/mol. The maximum atomic E-state index is 14.1. The Bertz CT molecular complexity index is 823. The summed E-state index contributed by atoms with van der Waals surface area (Å²) in [6, 6.07) is 6.88. The first-order valence-corrected chi connectivity index (χ1v) is 10.00. The number of aliphatic hydroxyl groups is 1. The Labute approximate surface area is 177 Å². The molecule has 0 radical (unpaired) electrons. The maximum absolute atomic E-state index is 14.1. The second-order valence-corrected chi connectivity index (χ2v) is 7.79. The summed E-state index contributed by atoms with van der Waals surface area (Å²) < 4.78 is 28.8. The van der Waals surface area contributed by atoms with Crippen molar-refractivity contribution in [3.63, 3.8) is 0 Å². The SMILES string of the molecule is CCC(O)CCONC(=O)c1cc(Br)c(F)cc1Nc1ccc(I)cc1F. The summed E-state index contributed by atoms with van der Waals surface area (Å²) >= 11 is 5.01. The van der Waals surface area contributed by atoms with E-state index >= 15 is 0 Å². The van der Waals surface area contributed by atoms with Crippen molar-refractivity contribution in [1.82, 2.24) is 5.48 Å². The Morgan fingerprint density at radius 1 is 1.26 bits per heavy atom. The molecule has 0 fully saturated rings. The summed E-state index contributed by atoms with van der Waals surface area (Å²) in [4.78, 5) is 17.5.